The lowest BCUT2D eigenvalue weighted by molar-refractivity contribution is -0.140. The summed E-state index contributed by atoms with van der Waals surface area (Å²) in [6.45, 7) is 12.6. The van der Waals surface area contributed by atoms with Gasteiger partial charge >= 0.3 is 12.2 Å². The molecule has 4 rings (SSSR count). The number of nitrogens with zero attached hydrogens (tertiary/aromatic N) is 6. The molecular weight excluding hydrogens is 611 g/mol. The van der Waals surface area contributed by atoms with Gasteiger partial charge in [0.15, 0.2) is 5.69 Å². The summed E-state index contributed by atoms with van der Waals surface area (Å²) in [5.74, 6) is 0.785. The highest BCUT2D eigenvalue weighted by Crippen LogP contribution is 2.41. The van der Waals surface area contributed by atoms with Crippen molar-refractivity contribution in [2.45, 2.75) is 46.8 Å². The third-order valence-corrected chi connectivity index (χ3v) is 7.76. The fourth-order valence-corrected chi connectivity index (χ4v) is 5.08. The van der Waals surface area contributed by atoms with E-state index < -0.39 is 23.9 Å². The predicted molar refractivity (Wildman–Crippen MR) is 165 cm³/mol. The zero-order valence-electron chi connectivity index (χ0n) is 25.6. The van der Waals surface area contributed by atoms with Crippen LogP contribution in [0.5, 0.6) is 5.88 Å². The number of alkyl halides is 3. The Kier molecular flexibility index (Phi) is 11.1. The van der Waals surface area contributed by atoms with Gasteiger partial charge in [-0.15, -0.1) is 21.5 Å². The smallest absolute Gasteiger partial charge is 0.434 e. The summed E-state index contributed by atoms with van der Waals surface area (Å²) < 4.78 is 52.7. The zero-order chi connectivity index (χ0) is 32.7. The van der Waals surface area contributed by atoms with Crippen molar-refractivity contribution in [1.29, 1.82) is 0 Å². The number of likely N-dealkylation sites (N-methyl/N-ethyl adjacent to an activating group) is 1. The Morgan fingerprint density at radius 3 is 2.49 bits per heavy atom. The minimum Gasteiger partial charge on any atom is -0.476 e. The normalized spacial score (nSPS) is 12.5. The summed E-state index contributed by atoms with van der Waals surface area (Å²) in [5, 5.41) is 14.4. The Balaban J connectivity index is 1.85. The summed E-state index contributed by atoms with van der Waals surface area (Å²) in [6.07, 6.45) is -1.70. The largest absolute Gasteiger partial charge is 0.476 e. The van der Waals surface area contributed by atoms with Crippen LogP contribution in [-0.2, 0) is 6.18 Å². The molecule has 0 fully saturated rings. The second-order valence-electron chi connectivity index (χ2n) is 10.3. The highest BCUT2D eigenvalue weighted by molar-refractivity contribution is 7.13. The SMILES string of the molecule is CCNC(=O)Nc1cc(-c2nc(C(F)(F)F)cs2)c(-c2cc(-c3nnc(C(N)C(C)C)o3)cnc2OCCN(CC)CC)cn1. The number of urea groups is 1. The third kappa shape index (κ3) is 8.32. The molecule has 4 aromatic heterocycles. The number of hydrogen-bond acceptors (Lipinski definition) is 11. The van der Waals surface area contributed by atoms with Gasteiger partial charge in [-0.25, -0.2) is 19.7 Å². The van der Waals surface area contributed by atoms with Crippen molar-refractivity contribution in [3.8, 4) is 39.0 Å². The molecule has 0 aliphatic heterocycles. The number of nitrogens with two attached hydrogens (primary N) is 1. The van der Waals surface area contributed by atoms with E-state index in [1.54, 1.807) is 13.0 Å². The maximum absolute atomic E-state index is 13.6. The molecule has 16 heteroatoms. The molecule has 0 bridgehead atoms. The molecule has 1 atom stereocenters. The highest BCUT2D eigenvalue weighted by atomic mass is 32.1. The molecule has 0 spiro atoms. The molecule has 4 aromatic rings. The average Bonchev–Trinajstić information content (AvgIpc) is 3.70. The standard InChI is InChI=1S/C29H36F3N9O3S/c1-6-34-28(42)38-22-12-19(27-37-21(15-45-27)29(30,31)32)20(14-35-22)18-11-17(24-39-40-26(44-24)23(33)16(4)5)13-36-25(18)43-10-9-41(7-2)8-3/h11-16,23H,6-10,33H2,1-5H3,(H2,34,35,38,42). The van der Waals surface area contributed by atoms with Gasteiger partial charge in [-0.3, -0.25) is 5.32 Å². The van der Waals surface area contributed by atoms with Crippen LogP contribution in [0.25, 0.3) is 33.2 Å². The molecule has 2 amide bonds. The molecule has 1 unspecified atom stereocenters. The summed E-state index contributed by atoms with van der Waals surface area (Å²) in [4.78, 5) is 27.2. The molecule has 4 N–H and O–H groups in total. The van der Waals surface area contributed by atoms with E-state index in [-0.39, 0.29) is 40.0 Å². The Bertz CT molecular complexity index is 1590. The van der Waals surface area contributed by atoms with Crippen molar-refractivity contribution in [2.24, 2.45) is 11.7 Å². The highest BCUT2D eigenvalue weighted by Gasteiger charge is 2.34. The topological polar surface area (TPSA) is 157 Å². The molecule has 242 valence electrons. The molecule has 0 saturated heterocycles. The number of aromatic nitrogens is 5. The second-order valence-corrected chi connectivity index (χ2v) is 11.2. The first-order chi connectivity index (χ1) is 21.4. The van der Waals surface area contributed by atoms with E-state index in [1.807, 2.05) is 27.7 Å². The minimum absolute atomic E-state index is 0.0496. The van der Waals surface area contributed by atoms with Gasteiger partial charge in [-0.05, 0) is 38.1 Å². The van der Waals surface area contributed by atoms with E-state index in [0.717, 1.165) is 29.8 Å². The molecular formula is C29H36F3N9O3S. The number of hydrogen-bond donors (Lipinski definition) is 3. The van der Waals surface area contributed by atoms with E-state index >= 15 is 0 Å². The van der Waals surface area contributed by atoms with Gasteiger partial charge in [-0.1, -0.05) is 27.7 Å². The molecule has 0 radical (unpaired) electrons. The van der Waals surface area contributed by atoms with Crippen LogP contribution < -0.4 is 21.1 Å². The van der Waals surface area contributed by atoms with E-state index in [1.165, 1.54) is 18.5 Å². The minimum atomic E-state index is -4.64. The van der Waals surface area contributed by atoms with Crippen molar-refractivity contribution >= 4 is 23.2 Å². The van der Waals surface area contributed by atoms with Gasteiger partial charge in [0.2, 0.25) is 17.7 Å². The van der Waals surface area contributed by atoms with Crippen LogP contribution >= 0.6 is 11.3 Å². The lowest BCUT2D eigenvalue weighted by Gasteiger charge is -2.19. The summed E-state index contributed by atoms with van der Waals surface area (Å²) in [5.41, 5.74) is 6.63. The van der Waals surface area contributed by atoms with E-state index in [2.05, 4.69) is 40.7 Å². The maximum Gasteiger partial charge on any atom is 0.434 e. The van der Waals surface area contributed by atoms with Crippen LogP contribution in [0.2, 0.25) is 0 Å². The Morgan fingerprint density at radius 2 is 1.84 bits per heavy atom. The average molecular weight is 648 g/mol. The number of amides is 2. The van der Waals surface area contributed by atoms with Gasteiger partial charge in [0.1, 0.15) is 17.4 Å². The Morgan fingerprint density at radius 1 is 1.09 bits per heavy atom. The van der Waals surface area contributed by atoms with E-state index in [4.69, 9.17) is 14.9 Å². The molecule has 4 heterocycles. The van der Waals surface area contributed by atoms with Gasteiger partial charge < -0.3 is 25.1 Å². The monoisotopic (exact) mass is 647 g/mol. The third-order valence-electron chi connectivity index (χ3n) is 6.88. The van der Waals surface area contributed by atoms with Crippen molar-refractivity contribution in [1.82, 2.24) is 35.4 Å². The van der Waals surface area contributed by atoms with E-state index in [0.29, 0.717) is 36.4 Å². The number of carbonyl (C=O) groups is 1. The predicted octanol–water partition coefficient (Wildman–Crippen LogP) is 5.85. The van der Waals surface area contributed by atoms with E-state index in [9.17, 15) is 18.0 Å². The van der Waals surface area contributed by atoms with Crippen molar-refractivity contribution < 1.29 is 27.1 Å². The van der Waals surface area contributed by atoms with Crippen LogP contribution in [0, 0.1) is 5.92 Å². The molecule has 12 nitrogen and oxygen atoms in total. The molecule has 0 saturated carbocycles. The summed E-state index contributed by atoms with van der Waals surface area (Å²) in [7, 11) is 0. The fraction of sp³-hybridized carbons (Fsp3) is 0.448. The lowest BCUT2D eigenvalue weighted by Crippen LogP contribution is -2.28. The first-order valence-corrected chi connectivity index (χ1v) is 15.4. The number of carbonyl (C=O) groups excluding carboxylic acids is 1. The summed E-state index contributed by atoms with van der Waals surface area (Å²) >= 11 is 0.810. The number of anilines is 1. The first kappa shape index (κ1) is 33.7. The Hall–Kier alpha value is -4.15. The number of halogens is 3. The number of rotatable bonds is 13. The number of nitrogens with one attached hydrogen (secondary N) is 2. The molecule has 0 aliphatic rings. The number of pyridine rings is 2. The Labute approximate surface area is 262 Å². The fourth-order valence-electron chi connectivity index (χ4n) is 4.22. The van der Waals surface area contributed by atoms with Gasteiger partial charge in [0.25, 0.3) is 0 Å². The summed E-state index contributed by atoms with van der Waals surface area (Å²) in [6, 6.07) is 2.15. The van der Waals surface area contributed by atoms with Gasteiger partial charge in [-0.2, -0.15) is 13.2 Å². The van der Waals surface area contributed by atoms with Crippen LogP contribution in [0.15, 0.2) is 34.3 Å². The van der Waals surface area contributed by atoms with Crippen molar-refractivity contribution in [2.75, 3.05) is 38.1 Å². The lowest BCUT2D eigenvalue weighted by atomic mass is 10.0. The molecule has 0 aliphatic carbocycles. The first-order valence-electron chi connectivity index (χ1n) is 14.5. The molecule has 0 aromatic carbocycles. The second kappa shape index (κ2) is 14.8. The van der Waals surface area contributed by atoms with Crippen LogP contribution in [0.3, 0.4) is 0 Å². The van der Waals surface area contributed by atoms with Crippen LogP contribution in [0.4, 0.5) is 23.8 Å². The van der Waals surface area contributed by atoms with Crippen molar-refractivity contribution in [3.05, 3.63) is 41.5 Å². The molecule has 45 heavy (non-hydrogen) atoms. The maximum atomic E-state index is 13.6. The van der Waals surface area contributed by atoms with Crippen LogP contribution in [0.1, 0.15) is 52.2 Å². The quantitative estimate of drug-likeness (QED) is 0.161. The van der Waals surface area contributed by atoms with Crippen LogP contribution in [-0.4, -0.2) is 68.9 Å². The van der Waals surface area contributed by atoms with Crippen molar-refractivity contribution in [3.63, 3.8) is 0 Å². The van der Waals surface area contributed by atoms with Gasteiger partial charge in [0.05, 0.1) is 11.6 Å². The zero-order valence-corrected chi connectivity index (χ0v) is 26.4. The van der Waals surface area contributed by atoms with Gasteiger partial charge in [0, 0.05) is 47.6 Å². The number of ether oxygens (including phenoxy) is 1. The number of thiazole rings is 1.